The van der Waals surface area contributed by atoms with Crippen LogP contribution in [0, 0.1) is 0 Å². The molecule has 4 nitrogen and oxygen atoms in total. The molecule has 0 spiro atoms. The Labute approximate surface area is 400 Å². The lowest BCUT2D eigenvalue weighted by Gasteiger charge is -2.20. The Morgan fingerprint density at radius 2 is 0.688 bits per heavy atom. The molecular weight excluding hydrogens is 783 g/mol. The molecule has 1 amide bonds. The summed E-state index contributed by atoms with van der Waals surface area (Å²) in [6.45, 7) is 4.22. The summed E-state index contributed by atoms with van der Waals surface area (Å²) in [5.74, 6) is -0.0599. The van der Waals surface area contributed by atoms with Crippen LogP contribution >= 0.6 is 0 Å². The topological polar surface area (TPSA) is 69.6 Å². The van der Waals surface area contributed by atoms with E-state index in [1.165, 1.54) is 225 Å². The molecule has 0 saturated heterocycles. The monoisotopic (exact) mass is 894 g/mol. The van der Waals surface area contributed by atoms with Crippen molar-refractivity contribution in [3.05, 3.63) is 60.8 Å². The van der Waals surface area contributed by atoms with E-state index < -0.39 is 12.1 Å². The van der Waals surface area contributed by atoms with E-state index in [0.717, 1.165) is 51.4 Å². The van der Waals surface area contributed by atoms with Gasteiger partial charge in [0.25, 0.3) is 0 Å². The molecule has 0 fully saturated rings. The van der Waals surface area contributed by atoms with Crippen LogP contribution in [0.4, 0.5) is 0 Å². The van der Waals surface area contributed by atoms with Gasteiger partial charge in [-0.25, -0.2) is 0 Å². The molecule has 0 bridgehead atoms. The fraction of sp³-hybridized carbons (Fsp3) is 0.817. The molecule has 0 aliphatic carbocycles. The smallest absolute Gasteiger partial charge is 0.220 e. The fourth-order valence-corrected chi connectivity index (χ4v) is 8.70. The molecule has 0 aliphatic rings. The Bertz CT molecular complexity index is 1060. The van der Waals surface area contributed by atoms with Crippen LogP contribution in [-0.4, -0.2) is 34.9 Å². The Kier molecular flexibility index (Phi) is 53.8. The third kappa shape index (κ3) is 51.1. The van der Waals surface area contributed by atoms with Gasteiger partial charge in [0.15, 0.2) is 0 Å². The van der Waals surface area contributed by atoms with Crippen LogP contribution in [0.2, 0.25) is 0 Å². The van der Waals surface area contributed by atoms with E-state index in [4.69, 9.17) is 0 Å². The van der Waals surface area contributed by atoms with E-state index in [9.17, 15) is 15.0 Å². The van der Waals surface area contributed by atoms with Crippen LogP contribution in [0.3, 0.4) is 0 Å². The second kappa shape index (κ2) is 55.4. The quantitative estimate of drug-likeness (QED) is 0.0421. The van der Waals surface area contributed by atoms with E-state index in [2.05, 4.69) is 67.8 Å². The van der Waals surface area contributed by atoms with Crippen molar-refractivity contribution in [1.29, 1.82) is 0 Å². The molecule has 0 aliphatic heterocycles. The number of hydrogen-bond acceptors (Lipinski definition) is 3. The van der Waals surface area contributed by atoms with Crippen molar-refractivity contribution in [1.82, 2.24) is 5.32 Å². The van der Waals surface area contributed by atoms with E-state index >= 15 is 0 Å². The first-order valence-electron chi connectivity index (χ1n) is 28.5. The molecule has 374 valence electrons. The van der Waals surface area contributed by atoms with Gasteiger partial charge in [0.1, 0.15) is 0 Å². The summed E-state index contributed by atoms with van der Waals surface area (Å²) in [5.41, 5.74) is 0. The Hall–Kier alpha value is -1.91. The van der Waals surface area contributed by atoms with Gasteiger partial charge < -0.3 is 15.5 Å². The predicted octanol–water partition coefficient (Wildman–Crippen LogP) is 18.8. The highest BCUT2D eigenvalue weighted by atomic mass is 16.3. The maximum Gasteiger partial charge on any atom is 0.220 e. The molecule has 4 heteroatoms. The Morgan fingerprint density at radius 3 is 1.03 bits per heavy atom. The molecular formula is C60H111NO3. The molecule has 3 N–H and O–H groups in total. The summed E-state index contributed by atoms with van der Waals surface area (Å²) in [6.07, 6.45) is 78.2. The fourth-order valence-electron chi connectivity index (χ4n) is 8.70. The number of rotatable bonds is 52. The first-order valence-corrected chi connectivity index (χ1v) is 28.5. The zero-order valence-electron chi connectivity index (χ0n) is 43.1. The highest BCUT2D eigenvalue weighted by molar-refractivity contribution is 5.76. The van der Waals surface area contributed by atoms with E-state index in [0.29, 0.717) is 6.42 Å². The van der Waals surface area contributed by atoms with Crippen molar-refractivity contribution < 1.29 is 15.0 Å². The average molecular weight is 895 g/mol. The number of carbonyl (C=O) groups excluding carboxylic acids is 1. The van der Waals surface area contributed by atoms with Gasteiger partial charge in [-0.3, -0.25) is 4.79 Å². The standard InChI is InChI=1S/C60H111NO3/c1-3-5-7-9-11-13-15-17-19-21-22-23-24-25-26-27-28-29-30-31-32-33-34-35-36-37-38-40-42-44-46-48-50-52-54-56-60(64)61-58(57-62)59(63)55-53-51-49-47-45-43-41-39-20-18-16-14-12-10-8-6-4-2/h5,7,11,13,17,19,22-23,53,55,58-59,62-63H,3-4,6,8-10,12,14-16,18,20-21,24-52,54,56-57H2,1-2H3,(H,61,64)/b7-5-,13-11-,19-17-,23-22-,55-53+. The highest BCUT2D eigenvalue weighted by Crippen LogP contribution is 2.17. The summed E-state index contributed by atoms with van der Waals surface area (Å²) in [4.78, 5) is 12.5. The zero-order chi connectivity index (χ0) is 46.3. The SMILES string of the molecule is CC/C=C\C/C=C\C/C=C\C/C=C\CCCCCCCCCCCCCCCCCCCCCCCCC(=O)NC(CO)C(O)/C=C/CCCCCCCCCCCCCCCCC. The number of unbranched alkanes of at least 4 members (excludes halogenated alkanes) is 37. The molecule has 0 rings (SSSR count). The minimum Gasteiger partial charge on any atom is -0.394 e. The number of carbonyl (C=O) groups is 1. The minimum absolute atomic E-state index is 0.0599. The van der Waals surface area contributed by atoms with Crippen LogP contribution < -0.4 is 5.32 Å². The molecule has 2 unspecified atom stereocenters. The first-order chi connectivity index (χ1) is 31.7. The molecule has 0 aromatic heterocycles. The average Bonchev–Trinajstić information content (AvgIpc) is 3.30. The van der Waals surface area contributed by atoms with Gasteiger partial charge in [-0.1, -0.05) is 293 Å². The van der Waals surface area contributed by atoms with Gasteiger partial charge in [-0.05, 0) is 57.8 Å². The van der Waals surface area contributed by atoms with Crippen molar-refractivity contribution in [3.8, 4) is 0 Å². The highest BCUT2D eigenvalue weighted by Gasteiger charge is 2.18. The lowest BCUT2D eigenvalue weighted by Crippen LogP contribution is -2.45. The molecule has 0 radical (unpaired) electrons. The van der Waals surface area contributed by atoms with Crippen molar-refractivity contribution in [2.24, 2.45) is 0 Å². The molecule has 0 aromatic carbocycles. The molecule has 0 aromatic rings. The summed E-state index contributed by atoms with van der Waals surface area (Å²) in [6, 6.07) is -0.622. The summed E-state index contributed by atoms with van der Waals surface area (Å²) < 4.78 is 0. The molecule has 0 heterocycles. The second-order valence-electron chi connectivity index (χ2n) is 19.3. The van der Waals surface area contributed by atoms with E-state index in [-0.39, 0.29) is 12.5 Å². The van der Waals surface area contributed by atoms with Gasteiger partial charge in [0.05, 0.1) is 18.8 Å². The van der Waals surface area contributed by atoms with Crippen molar-refractivity contribution in [3.63, 3.8) is 0 Å². The molecule has 0 saturated carbocycles. The summed E-state index contributed by atoms with van der Waals surface area (Å²) in [7, 11) is 0. The van der Waals surface area contributed by atoms with Gasteiger partial charge >= 0.3 is 0 Å². The summed E-state index contributed by atoms with van der Waals surface area (Å²) in [5, 5.41) is 23.1. The first kappa shape index (κ1) is 62.1. The van der Waals surface area contributed by atoms with Crippen molar-refractivity contribution >= 4 is 5.91 Å². The van der Waals surface area contributed by atoms with Crippen LogP contribution in [0.25, 0.3) is 0 Å². The van der Waals surface area contributed by atoms with Crippen LogP contribution in [0.1, 0.15) is 296 Å². The van der Waals surface area contributed by atoms with Crippen molar-refractivity contribution in [2.45, 2.75) is 309 Å². The second-order valence-corrected chi connectivity index (χ2v) is 19.3. The minimum atomic E-state index is -0.839. The number of hydrogen-bond donors (Lipinski definition) is 3. The van der Waals surface area contributed by atoms with Crippen LogP contribution in [0.15, 0.2) is 60.8 Å². The van der Waals surface area contributed by atoms with Gasteiger partial charge in [0, 0.05) is 6.42 Å². The number of amides is 1. The Morgan fingerprint density at radius 1 is 0.391 bits per heavy atom. The molecule has 64 heavy (non-hydrogen) atoms. The third-order valence-corrected chi connectivity index (χ3v) is 13.0. The Balaban J connectivity index is 3.44. The van der Waals surface area contributed by atoms with Crippen LogP contribution in [0.5, 0.6) is 0 Å². The lowest BCUT2D eigenvalue weighted by molar-refractivity contribution is -0.123. The van der Waals surface area contributed by atoms with Crippen LogP contribution in [-0.2, 0) is 4.79 Å². The number of allylic oxidation sites excluding steroid dienone is 9. The summed E-state index contributed by atoms with van der Waals surface area (Å²) >= 11 is 0. The largest absolute Gasteiger partial charge is 0.394 e. The number of aliphatic hydroxyl groups is 2. The number of nitrogens with one attached hydrogen (secondary N) is 1. The maximum absolute atomic E-state index is 12.5. The van der Waals surface area contributed by atoms with Gasteiger partial charge in [-0.2, -0.15) is 0 Å². The third-order valence-electron chi connectivity index (χ3n) is 13.0. The zero-order valence-corrected chi connectivity index (χ0v) is 43.1. The lowest BCUT2D eigenvalue weighted by atomic mass is 10.0. The van der Waals surface area contributed by atoms with Gasteiger partial charge in [0.2, 0.25) is 5.91 Å². The van der Waals surface area contributed by atoms with Crippen molar-refractivity contribution in [2.75, 3.05) is 6.61 Å². The van der Waals surface area contributed by atoms with E-state index in [1.807, 2.05) is 6.08 Å². The van der Waals surface area contributed by atoms with Gasteiger partial charge in [-0.15, -0.1) is 0 Å². The number of aliphatic hydroxyl groups excluding tert-OH is 2. The molecule has 2 atom stereocenters. The predicted molar refractivity (Wildman–Crippen MR) is 285 cm³/mol. The maximum atomic E-state index is 12.5. The normalized spacial score (nSPS) is 13.2. The van der Waals surface area contributed by atoms with E-state index in [1.54, 1.807) is 6.08 Å².